The van der Waals surface area contributed by atoms with Crippen LogP contribution in [-0.2, 0) is 0 Å². The number of aromatic amines is 1. The Morgan fingerprint density at radius 3 is 2.72 bits per heavy atom. The van der Waals surface area contributed by atoms with Crippen LogP contribution in [0.5, 0.6) is 0 Å². The lowest BCUT2D eigenvalue weighted by Crippen LogP contribution is -2.47. The zero-order valence-electron chi connectivity index (χ0n) is 10.3. The largest absolute Gasteiger partial charge is 0.369 e. The van der Waals surface area contributed by atoms with E-state index >= 15 is 0 Å². The van der Waals surface area contributed by atoms with Gasteiger partial charge in [-0.1, -0.05) is 11.6 Å². The number of hydrogen-bond donors (Lipinski definition) is 2. The minimum absolute atomic E-state index is 0.235. The average Bonchev–Trinajstić information content (AvgIpc) is 2.71. The topological polar surface area (TPSA) is 61.0 Å². The van der Waals surface area contributed by atoms with Gasteiger partial charge in [-0.05, 0) is 25.7 Å². The molecule has 2 unspecified atom stereocenters. The zero-order valence-corrected chi connectivity index (χ0v) is 11.1. The van der Waals surface area contributed by atoms with Crippen LogP contribution in [0.1, 0.15) is 25.7 Å². The van der Waals surface area contributed by atoms with Gasteiger partial charge < -0.3 is 10.2 Å². The van der Waals surface area contributed by atoms with Crippen molar-refractivity contribution in [3.8, 4) is 0 Å². The van der Waals surface area contributed by atoms with E-state index in [0.29, 0.717) is 18.1 Å². The fourth-order valence-corrected chi connectivity index (χ4v) is 3.38. The molecule has 2 aliphatic rings. The number of fused-ring (bicyclic) bond motifs is 2. The van der Waals surface area contributed by atoms with Crippen LogP contribution >= 0.6 is 11.6 Å². The number of nitrogens with one attached hydrogen (secondary N) is 2. The van der Waals surface area contributed by atoms with E-state index in [1.807, 2.05) is 7.05 Å². The molecule has 3 rings (SSSR count). The molecule has 0 aromatic carbocycles. The summed E-state index contributed by atoms with van der Waals surface area (Å²) in [5, 5.41) is 10.0. The van der Waals surface area contributed by atoms with Gasteiger partial charge in [0.1, 0.15) is 5.02 Å². The molecular formula is C12H17ClN4O. The first-order chi connectivity index (χ1) is 8.65. The van der Waals surface area contributed by atoms with Gasteiger partial charge in [-0.25, -0.2) is 5.10 Å². The lowest BCUT2D eigenvalue weighted by atomic mass is 9.98. The lowest BCUT2D eigenvalue weighted by Gasteiger charge is -2.36. The summed E-state index contributed by atoms with van der Waals surface area (Å²) in [6.07, 6.45) is 6.37. The van der Waals surface area contributed by atoms with Crippen molar-refractivity contribution in [1.82, 2.24) is 15.5 Å². The van der Waals surface area contributed by atoms with Gasteiger partial charge in [0.2, 0.25) is 0 Å². The first-order valence-electron chi connectivity index (χ1n) is 6.37. The second-order valence-electron chi connectivity index (χ2n) is 5.27. The molecule has 0 aliphatic carbocycles. The van der Waals surface area contributed by atoms with Crippen molar-refractivity contribution < 1.29 is 0 Å². The van der Waals surface area contributed by atoms with Gasteiger partial charge in [-0.2, -0.15) is 5.10 Å². The first kappa shape index (κ1) is 12.0. The summed E-state index contributed by atoms with van der Waals surface area (Å²) in [4.78, 5) is 13.6. The highest BCUT2D eigenvalue weighted by atomic mass is 35.5. The number of rotatable bonds is 2. The van der Waals surface area contributed by atoms with E-state index in [-0.39, 0.29) is 10.6 Å². The number of nitrogens with zero attached hydrogens (tertiary/aromatic N) is 2. The predicted molar refractivity (Wildman–Crippen MR) is 71.2 cm³/mol. The summed E-state index contributed by atoms with van der Waals surface area (Å²) in [5.74, 6) is 0. The lowest BCUT2D eigenvalue weighted by molar-refractivity contribution is 0.354. The Balaban J connectivity index is 1.84. The quantitative estimate of drug-likeness (QED) is 0.845. The minimum atomic E-state index is -0.321. The third-order valence-electron chi connectivity index (χ3n) is 4.15. The maximum absolute atomic E-state index is 11.5. The van der Waals surface area contributed by atoms with E-state index in [9.17, 15) is 4.79 Å². The zero-order chi connectivity index (χ0) is 12.7. The molecule has 0 radical (unpaired) electrons. The molecule has 2 N–H and O–H groups in total. The van der Waals surface area contributed by atoms with Gasteiger partial charge >= 0.3 is 0 Å². The number of halogens is 1. The summed E-state index contributed by atoms with van der Waals surface area (Å²) in [6, 6.07) is 1.67. The van der Waals surface area contributed by atoms with Crippen molar-refractivity contribution in [3.05, 3.63) is 21.6 Å². The third-order valence-corrected chi connectivity index (χ3v) is 4.52. The van der Waals surface area contributed by atoms with Crippen LogP contribution in [-0.4, -0.2) is 35.4 Å². The van der Waals surface area contributed by atoms with Gasteiger partial charge in [-0.15, -0.1) is 0 Å². The molecule has 1 aromatic heterocycles. The molecule has 0 amide bonds. The predicted octanol–water partition coefficient (Wildman–Crippen LogP) is 1.14. The Morgan fingerprint density at radius 2 is 2.06 bits per heavy atom. The molecule has 98 valence electrons. The van der Waals surface area contributed by atoms with Gasteiger partial charge in [0.05, 0.1) is 11.9 Å². The summed E-state index contributed by atoms with van der Waals surface area (Å²) in [5.41, 5.74) is 0.407. The van der Waals surface area contributed by atoms with Crippen LogP contribution in [0.4, 0.5) is 5.69 Å². The van der Waals surface area contributed by atoms with E-state index < -0.39 is 0 Å². The highest BCUT2D eigenvalue weighted by Crippen LogP contribution is 2.32. The second kappa shape index (κ2) is 4.55. The molecule has 1 aromatic rings. The molecule has 2 atom stereocenters. The summed E-state index contributed by atoms with van der Waals surface area (Å²) in [6.45, 7) is 0. The molecule has 0 spiro atoms. The Morgan fingerprint density at radius 1 is 1.39 bits per heavy atom. The molecule has 2 bridgehead atoms. The van der Waals surface area contributed by atoms with Crippen molar-refractivity contribution >= 4 is 17.3 Å². The van der Waals surface area contributed by atoms with Crippen molar-refractivity contribution in [1.29, 1.82) is 0 Å². The molecule has 2 aliphatic heterocycles. The monoisotopic (exact) mass is 268 g/mol. The van der Waals surface area contributed by atoms with Crippen molar-refractivity contribution in [2.75, 3.05) is 11.9 Å². The maximum Gasteiger partial charge on any atom is 0.285 e. The molecule has 2 saturated heterocycles. The summed E-state index contributed by atoms with van der Waals surface area (Å²) >= 11 is 6.05. The van der Waals surface area contributed by atoms with Crippen LogP contribution in [0.3, 0.4) is 0 Å². The first-order valence-corrected chi connectivity index (χ1v) is 6.75. The van der Waals surface area contributed by atoms with E-state index in [4.69, 9.17) is 11.6 Å². The van der Waals surface area contributed by atoms with E-state index in [1.54, 1.807) is 6.20 Å². The number of hydrogen-bond acceptors (Lipinski definition) is 4. The Bertz CT molecular complexity index is 491. The van der Waals surface area contributed by atoms with E-state index in [0.717, 1.165) is 18.5 Å². The normalized spacial score (nSPS) is 30.4. The molecule has 3 heterocycles. The molecule has 2 fully saturated rings. The molecular weight excluding hydrogens is 252 g/mol. The van der Waals surface area contributed by atoms with Crippen LogP contribution in [0.2, 0.25) is 5.02 Å². The minimum Gasteiger partial charge on any atom is -0.369 e. The number of piperidine rings is 1. The molecule has 0 saturated carbocycles. The smallest absolute Gasteiger partial charge is 0.285 e. The van der Waals surface area contributed by atoms with Crippen molar-refractivity contribution in [2.24, 2.45) is 0 Å². The van der Waals surface area contributed by atoms with Crippen LogP contribution in [0.25, 0.3) is 0 Å². The Labute approximate surface area is 111 Å². The summed E-state index contributed by atoms with van der Waals surface area (Å²) < 4.78 is 0. The molecule has 6 heteroatoms. The van der Waals surface area contributed by atoms with Gasteiger partial charge in [0.25, 0.3) is 5.56 Å². The SMILES string of the molecule is CN(c1cn[nH]c(=O)c1Cl)C1CC2CCC(C1)N2. The van der Waals surface area contributed by atoms with Crippen LogP contribution < -0.4 is 15.8 Å². The maximum atomic E-state index is 11.5. The second-order valence-corrected chi connectivity index (χ2v) is 5.65. The molecule has 5 nitrogen and oxygen atoms in total. The van der Waals surface area contributed by atoms with Crippen LogP contribution in [0, 0.1) is 0 Å². The Hall–Kier alpha value is -1.07. The number of aromatic nitrogens is 2. The molecule has 18 heavy (non-hydrogen) atoms. The standard InChI is InChI=1S/C12H17ClN4O/c1-17(10-6-14-16-12(18)11(10)13)9-4-7-2-3-8(5-9)15-7/h6-9,15H,2-5H2,1H3,(H,16,18). The van der Waals surface area contributed by atoms with Gasteiger partial charge in [-0.3, -0.25) is 4.79 Å². The fraction of sp³-hybridized carbons (Fsp3) is 0.667. The Kier molecular flexibility index (Phi) is 3.03. The van der Waals surface area contributed by atoms with Crippen molar-refractivity contribution in [2.45, 2.75) is 43.8 Å². The number of anilines is 1. The van der Waals surface area contributed by atoms with Gasteiger partial charge in [0.15, 0.2) is 0 Å². The highest BCUT2D eigenvalue weighted by molar-refractivity contribution is 6.32. The highest BCUT2D eigenvalue weighted by Gasteiger charge is 2.35. The number of H-pyrrole nitrogens is 1. The summed E-state index contributed by atoms with van der Waals surface area (Å²) in [7, 11) is 2.00. The van der Waals surface area contributed by atoms with Gasteiger partial charge in [0, 0.05) is 25.2 Å². The van der Waals surface area contributed by atoms with Crippen molar-refractivity contribution in [3.63, 3.8) is 0 Å². The third kappa shape index (κ3) is 2.01. The van der Waals surface area contributed by atoms with E-state index in [1.165, 1.54) is 12.8 Å². The fourth-order valence-electron chi connectivity index (χ4n) is 3.16. The van der Waals surface area contributed by atoms with Crippen LogP contribution in [0.15, 0.2) is 11.0 Å². The average molecular weight is 269 g/mol. The van der Waals surface area contributed by atoms with E-state index in [2.05, 4.69) is 20.4 Å².